The second-order valence-electron chi connectivity index (χ2n) is 7.87. The van der Waals surface area contributed by atoms with Crippen LogP contribution < -0.4 is 10.5 Å². The molecule has 148 valence electrons. The first-order valence-electron chi connectivity index (χ1n) is 9.47. The zero-order chi connectivity index (χ0) is 19.6. The van der Waals surface area contributed by atoms with E-state index in [-0.39, 0.29) is 17.2 Å². The maximum absolute atomic E-state index is 12.6. The smallest absolute Gasteiger partial charge is 0.242 e. The molecule has 0 aromatic heterocycles. The Labute approximate surface area is 160 Å². The van der Waals surface area contributed by atoms with Gasteiger partial charge in [0.2, 0.25) is 11.8 Å². The number of carbonyl (C=O) groups is 2. The van der Waals surface area contributed by atoms with Gasteiger partial charge < -0.3 is 25.4 Å². The summed E-state index contributed by atoms with van der Waals surface area (Å²) < 4.78 is 5.26. The van der Waals surface area contributed by atoms with Gasteiger partial charge in [-0.3, -0.25) is 9.59 Å². The third-order valence-electron chi connectivity index (χ3n) is 5.85. The van der Waals surface area contributed by atoms with Crippen LogP contribution in [-0.2, 0) is 16.1 Å². The van der Waals surface area contributed by atoms with E-state index in [4.69, 9.17) is 10.5 Å². The fourth-order valence-corrected chi connectivity index (χ4v) is 4.07. The molecule has 2 atom stereocenters. The van der Waals surface area contributed by atoms with Crippen molar-refractivity contribution in [2.45, 2.75) is 44.9 Å². The summed E-state index contributed by atoms with van der Waals surface area (Å²) in [5, 5.41) is 9.54. The first kappa shape index (κ1) is 19.6. The van der Waals surface area contributed by atoms with E-state index in [0.717, 1.165) is 24.2 Å². The standard InChI is InChI=1S/C20H29N3O4/c1-14(24)18(21)19(26)22-8-6-20(7-9-22)11-17(25)23(13-20)12-15-4-3-5-16(10-15)27-2/h3-5,10,14,18,24H,6-9,11-13,21H2,1-2H3/t14-,18+/m1/s1. The van der Waals surface area contributed by atoms with Crippen LogP contribution in [0, 0.1) is 5.41 Å². The lowest BCUT2D eigenvalue weighted by Gasteiger charge is -2.39. The fraction of sp³-hybridized carbons (Fsp3) is 0.600. The van der Waals surface area contributed by atoms with Crippen LogP contribution in [0.1, 0.15) is 31.7 Å². The second kappa shape index (κ2) is 7.86. The normalized spacial score (nSPS) is 21.4. The van der Waals surface area contributed by atoms with Crippen molar-refractivity contribution in [1.29, 1.82) is 0 Å². The summed E-state index contributed by atoms with van der Waals surface area (Å²) in [6.45, 7) is 3.99. The first-order chi connectivity index (χ1) is 12.8. The third kappa shape index (κ3) is 4.25. The van der Waals surface area contributed by atoms with Crippen molar-refractivity contribution in [2.24, 2.45) is 11.1 Å². The van der Waals surface area contributed by atoms with Gasteiger partial charge in [0, 0.05) is 38.0 Å². The molecule has 0 unspecified atom stereocenters. The summed E-state index contributed by atoms with van der Waals surface area (Å²) in [6.07, 6.45) is 1.23. The lowest BCUT2D eigenvalue weighted by atomic mass is 9.77. The molecule has 0 radical (unpaired) electrons. The molecule has 3 rings (SSSR count). The van der Waals surface area contributed by atoms with E-state index in [1.165, 1.54) is 6.92 Å². The molecule has 1 spiro atoms. The number of aliphatic hydroxyl groups excluding tert-OH is 1. The Morgan fingerprint density at radius 3 is 2.70 bits per heavy atom. The van der Waals surface area contributed by atoms with Crippen LogP contribution in [0.25, 0.3) is 0 Å². The number of methoxy groups -OCH3 is 1. The van der Waals surface area contributed by atoms with E-state index in [1.807, 2.05) is 29.2 Å². The summed E-state index contributed by atoms with van der Waals surface area (Å²) in [6, 6.07) is 6.90. The average Bonchev–Trinajstić information content (AvgIpc) is 2.96. The van der Waals surface area contributed by atoms with Crippen molar-refractivity contribution in [3.8, 4) is 5.75 Å². The molecule has 7 heteroatoms. The highest BCUT2D eigenvalue weighted by Crippen LogP contribution is 2.41. The number of rotatable bonds is 5. The maximum Gasteiger partial charge on any atom is 0.242 e. The molecule has 7 nitrogen and oxygen atoms in total. The number of piperidine rings is 1. The molecular formula is C20H29N3O4. The van der Waals surface area contributed by atoms with Gasteiger partial charge in [-0.25, -0.2) is 0 Å². The third-order valence-corrected chi connectivity index (χ3v) is 5.85. The summed E-state index contributed by atoms with van der Waals surface area (Å²) in [5.41, 5.74) is 6.76. The molecule has 27 heavy (non-hydrogen) atoms. The van der Waals surface area contributed by atoms with Gasteiger partial charge in [-0.1, -0.05) is 12.1 Å². The molecule has 0 saturated carbocycles. The minimum absolute atomic E-state index is 0.0678. The summed E-state index contributed by atoms with van der Waals surface area (Å²) in [5.74, 6) is 0.741. The lowest BCUT2D eigenvalue weighted by molar-refractivity contribution is -0.137. The second-order valence-corrected chi connectivity index (χ2v) is 7.87. The molecule has 3 N–H and O–H groups in total. The van der Waals surface area contributed by atoms with Gasteiger partial charge in [-0.05, 0) is 37.5 Å². The van der Waals surface area contributed by atoms with Gasteiger partial charge in [0.25, 0.3) is 0 Å². The minimum Gasteiger partial charge on any atom is -0.497 e. The van der Waals surface area contributed by atoms with Gasteiger partial charge in [-0.15, -0.1) is 0 Å². The number of aliphatic hydroxyl groups is 1. The molecule has 2 amide bonds. The number of nitrogens with zero attached hydrogens (tertiary/aromatic N) is 2. The fourth-order valence-electron chi connectivity index (χ4n) is 4.07. The zero-order valence-corrected chi connectivity index (χ0v) is 16.1. The number of carbonyl (C=O) groups excluding carboxylic acids is 2. The first-order valence-corrected chi connectivity index (χ1v) is 9.47. The van der Waals surface area contributed by atoms with Crippen LogP contribution in [-0.4, -0.2) is 65.6 Å². The van der Waals surface area contributed by atoms with Crippen LogP contribution in [0.5, 0.6) is 5.75 Å². The minimum atomic E-state index is -0.881. The Bertz CT molecular complexity index is 698. The predicted octanol–water partition coefficient (Wildman–Crippen LogP) is 0.744. The van der Waals surface area contributed by atoms with E-state index < -0.39 is 12.1 Å². The van der Waals surface area contributed by atoms with Gasteiger partial charge in [0.1, 0.15) is 11.8 Å². The van der Waals surface area contributed by atoms with E-state index in [2.05, 4.69) is 0 Å². The molecule has 2 aliphatic rings. The zero-order valence-electron chi connectivity index (χ0n) is 16.1. The predicted molar refractivity (Wildman–Crippen MR) is 101 cm³/mol. The molecule has 2 heterocycles. The number of hydrogen-bond acceptors (Lipinski definition) is 5. The number of nitrogens with two attached hydrogens (primary N) is 1. The molecular weight excluding hydrogens is 346 g/mol. The number of benzene rings is 1. The van der Waals surface area contributed by atoms with E-state index >= 15 is 0 Å². The van der Waals surface area contributed by atoms with Crippen LogP contribution in [0.15, 0.2) is 24.3 Å². The van der Waals surface area contributed by atoms with Crippen molar-refractivity contribution >= 4 is 11.8 Å². The van der Waals surface area contributed by atoms with Crippen LogP contribution in [0.2, 0.25) is 0 Å². The van der Waals surface area contributed by atoms with Gasteiger partial charge in [-0.2, -0.15) is 0 Å². The Morgan fingerprint density at radius 1 is 1.37 bits per heavy atom. The molecule has 1 aromatic rings. The number of hydrogen-bond donors (Lipinski definition) is 2. The Hall–Kier alpha value is -2.12. The van der Waals surface area contributed by atoms with Gasteiger partial charge >= 0.3 is 0 Å². The highest BCUT2D eigenvalue weighted by Gasteiger charge is 2.45. The van der Waals surface area contributed by atoms with Crippen LogP contribution in [0.3, 0.4) is 0 Å². The highest BCUT2D eigenvalue weighted by atomic mass is 16.5. The molecule has 0 aliphatic carbocycles. The largest absolute Gasteiger partial charge is 0.497 e. The van der Waals surface area contributed by atoms with Gasteiger partial charge in [0.05, 0.1) is 13.2 Å². The van der Waals surface area contributed by atoms with E-state index in [1.54, 1.807) is 12.0 Å². The van der Waals surface area contributed by atoms with Crippen molar-refractivity contribution < 1.29 is 19.4 Å². The molecule has 0 bridgehead atoms. The topological polar surface area (TPSA) is 96.1 Å². The number of likely N-dealkylation sites (tertiary alicyclic amines) is 2. The van der Waals surface area contributed by atoms with Crippen molar-refractivity contribution in [3.05, 3.63) is 29.8 Å². The monoisotopic (exact) mass is 375 g/mol. The molecule has 2 saturated heterocycles. The van der Waals surface area contributed by atoms with E-state index in [0.29, 0.717) is 32.6 Å². The quantitative estimate of drug-likeness (QED) is 0.792. The van der Waals surface area contributed by atoms with Crippen LogP contribution >= 0.6 is 0 Å². The molecule has 2 fully saturated rings. The lowest BCUT2D eigenvalue weighted by Crippen LogP contribution is -2.53. The highest BCUT2D eigenvalue weighted by molar-refractivity contribution is 5.83. The average molecular weight is 375 g/mol. The molecule has 2 aliphatic heterocycles. The SMILES string of the molecule is COc1cccc(CN2CC3(CCN(C(=O)[C@@H](N)[C@@H](C)O)CC3)CC2=O)c1. The summed E-state index contributed by atoms with van der Waals surface area (Å²) in [7, 11) is 1.63. The number of amides is 2. The van der Waals surface area contributed by atoms with Crippen molar-refractivity contribution in [2.75, 3.05) is 26.7 Å². The Kier molecular flexibility index (Phi) is 5.72. The molecule has 1 aromatic carbocycles. The Balaban J connectivity index is 1.60. The Morgan fingerprint density at radius 2 is 2.07 bits per heavy atom. The summed E-state index contributed by atoms with van der Waals surface area (Å²) in [4.78, 5) is 28.5. The van der Waals surface area contributed by atoms with E-state index in [9.17, 15) is 14.7 Å². The summed E-state index contributed by atoms with van der Waals surface area (Å²) >= 11 is 0. The van der Waals surface area contributed by atoms with Crippen molar-refractivity contribution in [3.63, 3.8) is 0 Å². The van der Waals surface area contributed by atoms with Crippen molar-refractivity contribution in [1.82, 2.24) is 9.80 Å². The number of ether oxygens (including phenoxy) is 1. The van der Waals surface area contributed by atoms with Gasteiger partial charge in [0.15, 0.2) is 0 Å². The maximum atomic E-state index is 12.6. The van der Waals surface area contributed by atoms with Crippen LogP contribution in [0.4, 0.5) is 0 Å².